The smallest absolute Gasteiger partial charge is 0.171 e. The molecule has 23 heavy (non-hydrogen) atoms. The molecule has 2 aromatic carbocycles. The minimum atomic E-state index is -0.231. The normalized spacial score (nSPS) is 12.2. The molecule has 1 atom stereocenters. The Kier molecular flexibility index (Phi) is 5.77. The molecule has 2 rings (SSSR count). The van der Waals surface area contributed by atoms with Crippen LogP contribution in [0.3, 0.4) is 0 Å². The maximum atomic E-state index is 12.9. The summed E-state index contributed by atoms with van der Waals surface area (Å²) < 4.78 is 5.17. The molecule has 0 bridgehead atoms. The predicted molar refractivity (Wildman–Crippen MR) is 91.2 cm³/mol. The fourth-order valence-electron chi connectivity index (χ4n) is 2.64. The summed E-state index contributed by atoms with van der Waals surface area (Å²) in [5, 5.41) is 10.1. The predicted octanol–water partition coefficient (Wildman–Crippen LogP) is 3.00. The molecule has 0 aliphatic heterocycles. The number of Topliss-reactive ketones (excluding diaryl/α,β-unsaturated/α-hetero) is 1. The van der Waals surface area contributed by atoms with Gasteiger partial charge in [0.25, 0.3) is 0 Å². The first kappa shape index (κ1) is 17.0. The van der Waals surface area contributed by atoms with E-state index >= 15 is 0 Å². The third-order valence-corrected chi connectivity index (χ3v) is 3.75. The second-order valence-corrected chi connectivity index (χ2v) is 5.90. The summed E-state index contributed by atoms with van der Waals surface area (Å²) in [6.45, 7) is 0.615. The van der Waals surface area contributed by atoms with Gasteiger partial charge in [0, 0.05) is 12.5 Å². The Labute approximate surface area is 137 Å². The van der Waals surface area contributed by atoms with Crippen LogP contribution in [0.4, 0.5) is 0 Å². The Hall–Kier alpha value is -2.33. The van der Waals surface area contributed by atoms with Crippen LogP contribution < -0.4 is 4.74 Å². The van der Waals surface area contributed by atoms with Crippen LogP contribution in [0.1, 0.15) is 15.9 Å². The van der Waals surface area contributed by atoms with Crippen molar-refractivity contribution in [3.8, 4) is 11.5 Å². The van der Waals surface area contributed by atoms with E-state index in [-0.39, 0.29) is 17.5 Å². The molecule has 4 nitrogen and oxygen atoms in total. The summed E-state index contributed by atoms with van der Waals surface area (Å²) in [5.41, 5.74) is 1.42. The molecule has 0 radical (unpaired) electrons. The van der Waals surface area contributed by atoms with Gasteiger partial charge >= 0.3 is 0 Å². The lowest BCUT2D eigenvalue weighted by molar-refractivity contribution is 0.0893. The molecule has 0 aromatic heterocycles. The summed E-state index contributed by atoms with van der Waals surface area (Å²) >= 11 is 0. The number of carbonyl (C=O) groups is 1. The molecule has 0 spiro atoms. The van der Waals surface area contributed by atoms with E-state index < -0.39 is 0 Å². The molecular formula is C19H23NO3. The number of methoxy groups -OCH3 is 1. The Morgan fingerprint density at radius 1 is 1.17 bits per heavy atom. The van der Waals surface area contributed by atoms with E-state index in [0.717, 1.165) is 5.56 Å². The van der Waals surface area contributed by atoms with E-state index in [1.54, 1.807) is 19.2 Å². The Morgan fingerprint density at radius 2 is 1.87 bits per heavy atom. The lowest BCUT2D eigenvalue weighted by atomic mass is 9.90. The zero-order valence-corrected chi connectivity index (χ0v) is 13.8. The first-order chi connectivity index (χ1) is 11.0. The van der Waals surface area contributed by atoms with Crippen molar-refractivity contribution in [2.75, 3.05) is 27.7 Å². The second-order valence-electron chi connectivity index (χ2n) is 5.90. The van der Waals surface area contributed by atoms with Crippen molar-refractivity contribution in [1.29, 1.82) is 0 Å². The number of hydrogen-bond acceptors (Lipinski definition) is 4. The van der Waals surface area contributed by atoms with Crippen molar-refractivity contribution >= 4 is 5.78 Å². The quantitative estimate of drug-likeness (QED) is 0.798. The van der Waals surface area contributed by atoms with Gasteiger partial charge in [0.2, 0.25) is 0 Å². The topological polar surface area (TPSA) is 49.8 Å². The van der Waals surface area contributed by atoms with E-state index in [2.05, 4.69) is 0 Å². The van der Waals surface area contributed by atoms with E-state index in [1.807, 2.05) is 49.3 Å². The van der Waals surface area contributed by atoms with E-state index in [9.17, 15) is 9.90 Å². The van der Waals surface area contributed by atoms with Gasteiger partial charge in [-0.05, 0) is 44.3 Å². The van der Waals surface area contributed by atoms with Gasteiger partial charge in [0.05, 0.1) is 12.7 Å². The molecule has 0 heterocycles. The average molecular weight is 313 g/mol. The van der Waals surface area contributed by atoms with Crippen molar-refractivity contribution in [1.82, 2.24) is 4.90 Å². The minimum absolute atomic E-state index is 0.00684. The highest BCUT2D eigenvalue weighted by molar-refractivity contribution is 6.00. The highest BCUT2D eigenvalue weighted by Gasteiger charge is 2.24. The van der Waals surface area contributed by atoms with Crippen molar-refractivity contribution in [2.24, 2.45) is 5.92 Å². The third kappa shape index (κ3) is 4.57. The van der Waals surface area contributed by atoms with Crippen LogP contribution in [0.25, 0.3) is 0 Å². The molecule has 2 aromatic rings. The SMILES string of the molecule is COc1ccc(O)c(C(=O)[C@@H](Cc2ccccc2)CN(C)C)c1. The van der Waals surface area contributed by atoms with Crippen LogP contribution in [-0.4, -0.2) is 43.5 Å². The van der Waals surface area contributed by atoms with Crippen LogP contribution in [-0.2, 0) is 6.42 Å². The number of phenolic OH excluding ortho intramolecular Hbond substituents is 1. The van der Waals surface area contributed by atoms with E-state index in [0.29, 0.717) is 24.3 Å². The monoisotopic (exact) mass is 313 g/mol. The Bertz CT molecular complexity index is 653. The molecule has 0 amide bonds. The number of ketones is 1. The minimum Gasteiger partial charge on any atom is -0.507 e. The number of nitrogens with zero attached hydrogens (tertiary/aromatic N) is 1. The van der Waals surface area contributed by atoms with Crippen molar-refractivity contribution in [3.05, 3.63) is 59.7 Å². The van der Waals surface area contributed by atoms with E-state index in [1.165, 1.54) is 6.07 Å². The molecule has 0 aliphatic carbocycles. The fourth-order valence-corrected chi connectivity index (χ4v) is 2.64. The van der Waals surface area contributed by atoms with Crippen LogP contribution in [0.5, 0.6) is 11.5 Å². The molecule has 4 heteroatoms. The summed E-state index contributed by atoms with van der Waals surface area (Å²) in [5.74, 6) is 0.256. The van der Waals surface area contributed by atoms with E-state index in [4.69, 9.17) is 4.74 Å². The maximum Gasteiger partial charge on any atom is 0.171 e. The molecule has 0 saturated carbocycles. The van der Waals surface area contributed by atoms with Gasteiger partial charge in [-0.15, -0.1) is 0 Å². The highest BCUT2D eigenvalue weighted by atomic mass is 16.5. The van der Waals surface area contributed by atoms with Gasteiger partial charge < -0.3 is 14.7 Å². The number of benzene rings is 2. The van der Waals surface area contributed by atoms with Crippen molar-refractivity contribution < 1.29 is 14.6 Å². The lowest BCUT2D eigenvalue weighted by Gasteiger charge is -2.21. The van der Waals surface area contributed by atoms with Crippen LogP contribution in [0.2, 0.25) is 0 Å². The number of rotatable bonds is 7. The van der Waals surface area contributed by atoms with Gasteiger partial charge in [-0.1, -0.05) is 30.3 Å². The third-order valence-electron chi connectivity index (χ3n) is 3.75. The summed E-state index contributed by atoms with van der Waals surface area (Å²) in [7, 11) is 5.43. The molecule has 0 fully saturated rings. The van der Waals surface area contributed by atoms with Gasteiger partial charge in [-0.2, -0.15) is 0 Å². The summed E-state index contributed by atoms with van der Waals surface area (Å²) in [6.07, 6.45) is 0.633. The standard InChI is InChI=1S/C19H23NO3/c1-20(2)13-15(11-14-7-5-4-6-8-14)19(22)17-12-16(23-3)9-10-18(17)21/h4-10,12,15,21H,11,13H2,1-3H3/t15-/m0/s1. The van der Waals surface area contributed by atoms with Crippen LogP contribution in [0.15, 0.2) is 48.5 Å². The van der Waals surface area contributed by atoms with Crippen molar-refractivity contribution in [3.63, 3.8) is 0 Å². The number of aromatic hydroxyl groups is 1. The van der Waals surface area contributed by atoms with Gasteiger partial charge in [0.15, 0.2) is 5.78 Å². The highest BCUT2D eigenvalue weighted by Crippen LogP contribution is 2.27. The fraction of sp³-hybridized carbons (Fsp3) is 0.316. The Morgan fingerprint density at radius 3 is 2.48 bits per heavy atom. The van der Waals surface area contributed by atoms with Crippen molar-refractivity contribution in [2.45, 2.75) is 6.42 Å². The average Bonchev–Trinajstić information content (AvgIpc) is 2.54. The second kappa shape index (κ2) is 7.79. The largest absolute Gasteiger partial charge is 0.507 e. The molecule has 1 N–H and O–H groups in total. The number of carbonyl (C=O) groups excluding carboxylic acids is 1. The van der Waals surface area contributed by atoms with Gasteiger partial charge in [-0.25, -0.2) is 0 Å². The van der Waals surface area contributed by atoms with Crippen LogP contribution in [0, 0.1) is 5.92 Å². The van der Waals surface area contributed by atoms with Gasteiger partial charge in [-0.3, -0.25) is 4.79 Å². The first-order valence-corrected chi connectivity index (χ1v) is 7.61. The zero-order valence-electron chi connectivity index (χ0n) is 13.8. The first-order valence-electron chi connectivity index (χ1n) is 7.61. The number of hydrogen-bond donors (Lipinski definition) is 1. The zero-order chi connectivity index (χ0) is 16.8. The molecule has 122 valence electrons. The number of phenols is 1. The summed E-state index contributed by atoms with van der Waals surface area (Å²) in [4.78, 5) is 14.9. The van der Waals surface area contributed by atoms with Crippen LogP contribution >= 0.6 is 0 Å². The Balaban J connectivity index is 2.29. The summed E-state index contributed by atoms with van der Waals surface area (Å²) in [6, 6.07) is 14.7. The van der Waals surface area contributed by atoms with Gasteiger partial charge in [0.1, 0.15) is 11.5 Å². The number of ether oxygens (including phenoxy) is 1. The maximum absolute atomic E-state index is 12.9. The molecule has 0 aliphatic rings. The lowest BCUT2D eigenvalue weighted by Crippen LogP contribution is -2.29. The molecule has 0 saturated heterocycles. The molecule has 0 unspecified atom stereocenters. The molecular weight excluding hydrogens is 290 g/mol.